The van der Waals surface area contributed by atoms with Gasteiger partial charge >= 0.3 is 0 Å². The first kappa shape index (κ1) is 11.8. The minimum absolute atomic E-state index is 0.103. The lowest BCUT2D eigenvalue weighted by molar-refractivity contribution is -0.707. The highest BCUT2D eigenvalue weighted by Gasteiger charge is 2.33. The number of piperidine rings is 1. The molecular formula is C6H13NO6S. The highest BCUT2D eigenvalue weighted by molar-refractivity contribution is 7.80. The summed E-state index contributed by atoms with van der Waals surface area (Å²) in [5.74, 6) is 0. The van der Waals surface area contributed by atoms with E-state index in [1.54, 1.807) is 5.32 Å². The smallest absolute Gasteiger partial charge is 0.218 e. The molecular weight excluding hydrogens is 214 g/mol. The molecule has 8 heteroatoms. The first-order chi connectivity index (χ1) is 6.42. The molecule has 1 aliphatic rings. The SMILES string of the molecule is O=S(=O)([O-])O[C@@H]1C[NH2+][C@H](CO)C[C@@H]1O. The predicted octanol–water partition coefficient (Wildman–Crippen LogP) is -3.48. The van der Waals surface area contributed by atoms with Crippen molar-refractivity contribution in [1.82, 2.24) is 0 Å². The fourth-order valence-corrected chi connectivity index (χ4v) is 1.96. The van der Waals surface area contributed by atoms with Gasteiger partial charge in [0.2, 0.25) is 10.4 Å². The van der Waals surface area contributed by atoms with Crippen LogP contribution in [0.1, 0.15) is 6.42 Å². The molecule has 0 unspecified atom stereocenters. The Labute approximate surface area is 81.6 Å². The summed E-state index contributed by atoms with van der Waals surface area (Å²) in [6.45, 7) is 0.0434. The number of hydrogen-bond acceptors (Lipinski definition) is 6. The highest BCUT2D eigenvalue weighted by Crippen LogP contribution is 2.09. The average Bonchev–Trinajstić information content (AvgIpc) is 2.06. The molecule has 1 rings (SSSR count). The molecule has 0 bridgehead atoms. The van der Waals surface area contributed by atoms with Crippen molar-refractivity contribution >= 4 is 10.4 Å². The summed E-state index contributed by atoms with van der Waals surface area (Å²) in [6.07, 6.45) is -1.84. The van der Waals surface area contributed by atoms with Crippen LogP contribution < -0.4 is 5.32 Å². The summed E-state index contributed by atoms with van der Waals surface area (Å²) >= 11 is 0. The fourth-order valence-electron chi connectivity index (χ4n) is 1.45. The zero-order chi connectivity index (χ0) is 10.8. The lowest BCUT2D eigenvalue weighted by atomic mass is 10.0. The van der Waals surface area contributed by atoms with Gasteiger partial charge in [0.15, 0.2) is 6.10 Å². The second-order valence-corrected chi connectivity index (χ2v) is 4.27. The third kappa shape index (κ3) is 3.48. The summed E-state index contributed by atoms with van der Waals surface area (Å²) < 4.78 is 34.9. The van der Waals surface area contributed by atoms with E-state index in [-0.39, 0.29) is 25.6 Å². The van der Waals surface area contributed by atoms with Gasteiger partial charge in [-0.25, -0.2) is 8.42 Å². The Hall–Kier alpha value is -0.250. The molecule has 0 radical (unpaired) electrons. The van der Waals surface area contributed by atoms with Crippen LogP contribution in [-0.4, -0.2) is 54.6 Å². The van der Waals surface area contributed by atoms with Gasteiger partial charge in [-0.15, -0.1) is 0 Å². The van der Waals surface area contributed by atoms with E-state index in [1.807, 2.05) is 0 Å². The molecule has 0 amide bonds. The van der Waals surface area contributed by atoms with E-state index < -0.39 is 22.6 Å². The van der Waals surface area contributed by atoms with Crippen LogP contribution >= 0.6 is 0 Å². The van der Waals surface area contributed by atoms with Gasteiger partial charge in [-0.3, -0.25) is 4.18 Å². The van der Waals surface area contributed by atoms with E-state index in [0.29, 0.717) is 0 Å². The highest BCUT2D eigenvalue weighted by atomic mass is 32.3. The number of aliphatic hydroxyl groups excluding tert-OH is 2. The normalized spacial score (nSPS) is 34.4. The molecule has 4 N–H and O–H groups in total. The molecule has 0 aromatic carbocycles. The molecule has 1 saturated heterocycles. The number of hydrogen-bond donors (Lipinski definition) is 3. The van der Waals surface area contributed by atoms with Crippen molar-refractivity contribution in [3.05, 3.63) is 0 Å². The maximum Gasteiger partial charge on any atom is 0.218 e. The van der Waals surface area contributed by atoms with Gasteiger partial charge in [0.05, 0.1) is 12.7 Å². The van der Waals surface area contributed by atoms with Crippen molar-refractivity contribution < 1.29 is 32.7 Å². The average molecular weight is 227 g/mol. The Kier molecular flexibility index (Phi) is 3.81. The predicted molar refractivity (Wildman–Crippen MR) is 42.9 cm³/mol. The Bertz CT molecular complexity index is 278. The summed E-state index contributed by atoms with van der Waals surface area (Å²) in [7, 11) is -4.77. The first-order valence-corrected chi connectivity index (χ1v) is 5.52. The standard InChI is InChI=1S/C6H13NO6S/c8-3-4-1-5(9)6(2-7-4)13-14(10,11)12/h4-9H,1-3H2,(H,10,11,12)/t4-,5-,6+/m0/s1. The summed E-state index contributed by atoms with van der Waals surface area (Å²) in [5.41, 5.74) is 0. The molecule has 3 atom stereocenters. The molecule has 1 fully saturated rings. The Morgan fingerprint density at radius 3 is 2.64 bits per heavy atom. The second kappa shape index (κ2) is 4.51. The summed E-state index contributed by atoms with van der Waals surface area (Å²) in [4.78, 5) is 0. The number of quaternary nitrogens is 1. The van der Waals surface area contributed by atoms with Crippen molar-refractivity contribution in [1.29, 1.82) is 0 Å². The van der Waals surface area contributed by atoms with Gasteiger partial charge in [0.1, 0.15) is 12.6 Å². The molecule has 0 aromatic rings. The van der Waals surface area contributed by atoms with E-state index in [4.69, 9.17) is 5.11 Å². The molecule has 84 valence electrons. The second-order valence-electron chi connectivity index (χ2n) is 3.26. The molecule has 0 aliphatic carbocycles. The minimum Gasteiger partial charge on any atom is -0.726 e. The van der Waals surface area contributed by atoms with Crippen molar-refractivity contribution in [2.75, 3.05) is 13.2 Å². The number of nitrogens with two attached hydrogens (primary N) is 1. The van der Waals surface area contributed by atoms with Crippen molar-refractivity contribution in [3.8, 4) is 0 Å². The monoisotopic (exact) mass is 227 g/mol. The largest absolute Gasteiger partial charge is 0.726 e. The van der Waals surface area contributed by atoms with Gasteiger partial charge in [-0.1, -0.05) is 0 Å². The molecule has 14 heavy (non-hydrogen) atoms. The summed E-state index contributed by atoms with van der Waals surface area (Å²) in [5, 5.41) is 19.8. The lowest BCUT2D eigenvalue weighted by Gasteiger charge is -2.30. The van der Waals surface area contributed by atoms with E-state index in [0.717, 1.165) is 0 Å². The zero-order valence-corrected chi connectivity index (χ0v) is 8.18. The number of aliphatic hydroxyl groups is 2. The molecule has 0 spiro atoms. The first-order valence-electron chi connectivity index (χ1n) is 4.18. The van der Waals surface area contributed by atoms with E-state index in [9.17, 15) is 18.1 Å². The van der Waals surface area contributed by atoms with Gasteiger partial charge < -0.3 is 20.1 Å². The van der Waals surface area contributed by atoms with Crippen LogP contribution in [0.2, 0.25) is 0 Å². The topological polar surface area (TPSA) is 124 Å². The lowest BCUT2D eigenvalue weighted by Crippen LogP contribution is -2.96. The van der Waals surface area contributed by atoms with Crippen LogP contribution in [0.25, 0.3) is 0 Å². The van der Waals surface area contributed by atoms with E-state index >= 15 is 0 Å². The van der Waals surface area contributed by atoms with Crippen LogP contribution in [0.3, 0.4) is 0 Å². The molecule has 0 saturated carbocycles. The van der Waals surface area contributed by atoms with Gasteiger partial charge in [-0.2, -0.15) is 0 Å². The van der Waals surface area contributed by atoms with E-state index in [1.165, 1.54) is 0 Å². The number of rotatable bonds is 3. The molecule has 0 aromatic heterocycles. The van der Waals surface area contributed by atoms with Crippen LogP contribution in [0, 0.1) is 0 Å². The Morgan fingerprint density at radius 2 is 2.21 bits per heavy atom. The van der Waals surface area contributed by atoms with Crippen LogP contribution in [0.15, 0.2) is 0 Å². The third-order valence-corrected chi connectivity index (χ3v) is 2.63. The fraction of sp³-hybridized carbons (Fsp3) is 1.00. The Morgan fingerprint density at radius 1 is 1.57 bits per heavy atom. The van der Waals surface area contributed by atoms with Crippen molar-refractivity contribution in [2.24, 2.45) is 0 Å². The maximum absolute atomic E-state index is 10.2. The van der Waals surface area contributed by atoms with E-state index in [2.05, 4.69) is 4.18 Å². The molecule has 1 heterocycles. The maximum atomic E-state index is 10.2. The van der Waals surface area contributed by atoms with Crippen LogP contribution in [0.5, 0.6) is 0 Å². The Balaban J connectivity index is 2.50. The van der Waals surface area contributed by atoms with Crippen molar-refractivity contribution in [3.63, 3.8) is 0 Å². The van der Waals surface area contributed by atoms with Gasteiger partial charge in [0.25, 0.3) is 0 Å². The quantitative estimate of drug-likeness (QED) is 0.340. The van der Waals surface area contributed by atoms with Crippen LogP contribution in [0.4, 0.5) is 0 Å². The molecule has 1 aliphatic heterocycles. The minimum atomic E-state index is -4.77. The van der Waals surface area contributed by atoms with Gasteiger partial charge in [0, 0.05) is 6.42 Å². The third-order valence-electron chi connectivity index (χ3n) is 2.15. The molecule has 7 nitrogen and oxygen atoms in total. The summed E-state index contributed by atoms with van der Waals surface area (Å²) in [6, 6.07) is -0.167. The van der Waals surface area contributed by atoms with Gasteiger partial charge in [-0.05, 0) is 0 Å². The van der Waals surface area contributed by atoms with Crippen LogP contribution in [-0.2, 0) is 14.6 Å². The zero-order valence-electron chi connectivity index (χ0n) is 7.37. The van der Waals surface area contributed by atoms with Crippen molar-refractivity contribution in [2.45, 2.75) is 24.7 Å².